The van der Waals surface area contributed by atoms with Crippen molar-refractivity contribution in [2.24, 2.45) is 0 Å². The number of Topliss-reactive ketones (excluding diaryl/α,β-unsaturated/α-hetero) is 1. The van der Waals surface area contributed by atoms with E-state index in [4.69, 9.17) is 4.74 Å². The maximum absolute atomic E-state index is 12.9. The Bertz CT molecular complexity index is 938. The van der Waals surface area contributed by atoms with Crippen LogP contribution in [0.5, 0.6) is 0 Å². The standard InChI is InChI=1S/C22H23NO4S/c1-13-5-7-15(8-6-13)19(24)17-18(21-14(2)9-11-28-21)23(22(26)20(17)25)12-16-4-3-10-27-16/h5-9,11,16,18,24H,3-4,10,12H2,1-2H3/b19-17-. The van der Waals surface area contributed by atoms with Crippen molar-refractivity contribution < 1.29 is 19.4 Å². The quantitative estimate of drug-likeness (QED) is 0.482. The molecule has 4 rings (SSSR count). The number of hydrogen-bond donors (Lipinski definition) is 1. The number of aryl methyl sites for hydroxylation is 2. The van der Waals surface area contributed by atoms with Crippen molar-refractivity contribution in [3.05, 3.63) is 62.9 Å². The molecule has 2 fully saturated rings. The van der Waals surface area contributed by atoms with Gasteiger partial charge in [-0.15, -0.1) is 11.3 Å². The van der Waals surface area contributed by atoms with Crippen molar-refractivity contribution in [2.45, 2.75) is 38.8 Å². The normalized spacial score (nSPS) is 24.3. The Labute approximate surface area is 168 Å². The molecule has 0 radical (unpaired) electrons. The number of nitrogens with zero attached hydrogens (tertiary/aromatic N) is 1. The van der Waals surface area contributed by atoms with E-state index in [1.165, 1.54) is 11.3 Å². The molecule has 3 heterocycles. The predicted octanol–water partition coefficient (Wildman–Crippen LogP) is 3.97. The third-order valence-corrected chi connectivity index (χ3v) is 6.51. The molecule has 2 aliphatic heterocycles. The molecule has 2 aliphatic rings. The number of amides is 1. The second-order valence-corrected chi connectivity index (χ2v) is 8.37. The van der Waals surface area contributed by atoms with Gasteiger partial charge in [0.05, 0.1) is 17.7 Å². The van der Waals surface area contributed by atoms with E-state index in [-0.39, 0.29) is 17.4 Å². The van der Waals surface area contributed by atoms with Crippen molar-refractivity contribution in [2.75, 3.05) is 13.2 Å². The van der Waals surface area contributed by atoms with Crippen molar-refractivity contribution in [1.82, 2.24) is 4.90 Å². The van der Waals surface area contributed by atoms with Crippen molar-refractivity contribution in [1.29, 1.82) is 0 Å². The molecule has 2 atom stereocenters. The summed E-state index contributed by atoms with van der Waals surface area (Å²) in [6, 6.07) is 8.70. The number of carbonyl (C=O) groups excluding carboxylic acids is 2. The minimum atomic E-state index is -0.631. The van der Waals surface area contributed by atoms with Crippen LogP contribution in [0.25, 0.3) is 5.76 Å². The zero-order valence-corrected chi connectivity index (χ0v) is 16.8. The first kappa shape index (κ1) is 18.9. The molecule has 1 aromatic heterocycles. The molecule has 2 unspecified atom stereocenters. The van der Waals surface area contributed by atoms with Gasteiger partial charge < -0.3 is 14.7 Å². The van der Waals surface area contributed by atoms with Gasteiger partial charge in [-0.05, 0) is 43.7 Å². The van der Waals surface area contributed by atoms with Gasteiger partial charge in [-0.3, -0.25) is 9.59 Å². The number of hydrogen-bond acceptors (Lipinski definition) is 5. The van der Waals surface area contributed by atoms with Gasteiger partial charge in [0.2, 0.25) is 0 Å². The minimum absolute atomic E-state index is 0.0691. The summed E-state index contributed by atoms with van der Waals surface area (Å²) < 4.78 is 5.71. The van der Waals surface area contributed by atoms with Gasteiger partial charge in [-0.2, -0.15) is 0 Å². The number of benzene rings is 1. The molecule has 1 N–H and O–H groups in total. The van der Waals surface area contributed by atoms with Crippen LogP contribution in [0.15, 0.2) is 41.3 Å². The van der Waals surface area contributed by atoms with E-state index < -0.39 is 17.7 Å². The highest BCUT2D eigenvalue weighted by atomic mass is 32.1. The van der Waals surface area contributed by atoms with Crippen LogP contribution in [-0.2, 0) is 14.3 Å². The van der Waals surface area contributed by atoms with Crippen LogP contribution >= 0.6 is 11.3 Å². The molecule has 0 saturated carbocycles. The summed E-state index contributed by atoms with van der Waals surface area (Å²) >= 11 is 1.50. The fourth-order valence-corrected chi connectivity index (χ4v) is 4.93. The maximum atomic E-state index is 12.9. The first-order chi connectivity index (χ1) is 13.5. The first-order valence-electron chi connectivity index (χ1n) is 9.48. The van der Waals surface area contributed by atoms with E-state index in [1.807, 2.05) is 37.4 Å². The molecular formula is C22H23NO4S. The minimum Gasteiger partial charge on any atom is -0.507 e. The molecule has 28 heavy (non-hydrogen) atoms. The summed E-state index contributed by atoms with van der Waals surface area (Å²) in [7, 11) is 0. The van der Waals surface area contributed by atoms with E-state index in [1.54, 1.807) is 17.0 Å². The fraction of sp³-hybridized carbons (Fsp3) is 0.364. The van der Waals surface area contributed by atoms with Gasteiger partial charge in [-0.1, -0.05) is 29.8 Å². The highest BCUT2D eigenvalue weighted by molar-refractivity contribution is 7.10. The Kier molecular flexibility index (Phi) is 5.08. The summed E-state index contributed by atoms with van der Waals surface area (Å²) in [5, 5.41) is 12.9. The number of aliphatic hydroxyl groups excluding tert-OH is 1. The van der Waals surface area contributed by atoms with Gasteiger partial charge in [0, 0.05) is 23.6 Å². The summed E-state index contributed by atoms with van der Waals surface area (Å²) in [6.07, 6.45) is 1.76. The van der Waals surface area contributed by atoms with Crippen LogP contribution in [0.4, 0.5) is 0 Å². The van der Waals surface area contributed by atoms with Crippen molar-refractivity contribution in [3.63, 3.8) is 0 Å². The van der Waals surface area contributed by atoms with Crippen LogP contribution in [0.2, 0.25) is 0 Å². The fourth-order valence-electron chi connectivity index (χ4n) is 3.88. The average Bonchev–Trinajstić information content (AvgIpc) is 3.39. The number of ketones is 1. The number of thiophene rings is 1. The number of rotatable bonds is 4. The Hall–Kier alpha value is -2.44. The molecule has 2 saturated heterocycles. The lowest BCUT2D eigenvalue weighted by atomic mass is 9.98. The highest BCUT2D eigenvalue weighted by Crippen LogP contribution is 2.43. The lowest BCUT2D eigenvalue weighted by Gasteiger charge is -2.27. The molecule has 6 heteroatoms. The van der Waals surface area contributed by atoms with Crippen LogP contribution in [0.3, 0.4) is 0 Å². The van der Waals surface area contributed by atoms with E-state index in [9.17, 15) is 14.7 Å². The van der Waals surface area contributed by atoms with Crippen molar-refractivity contribution in [3.8, 4) is 0 Å². The molecule has 1 amide bonds. The topological polar surface area (TPSA) is 66.8 Å². The second kappa shape index (κ2) is 7.53. The van der Waals surface area contributed by atoms with E-state index >= 15 is 0 Å². The van der Waals surface area contributed by atoms with Crippen molar-refractivity contribution >= 4 is 28.8 Å². The average molecular weight is 397 g/mol. The second-order valence-electron chi connectivity index (χ2n) is 7.42. The van der Waals surface area contributed by atoms with Crippen LogP contribution in [-0.4, -0.2) is 41.0 Å². The molecule has 1 aromatic carbocycles. The number of aliphatic hydroxyl groups is 1. The molecule has 0 bridgehead atoms. The monoisotopic (exact) mass is 397 g/mol. The molecule has 2 aromatic rings. The Morgan fingerprint density at radius 1 is 1.21 bits per heavy atom. The molecule has 5 nitrogen and oxygen atoms in total. The third-order valence-electron chi connectivity index (χ3n) is 5.44. The SMILES string of the molecule is Cc1ccc(/C(O)=C2/C(=O)C(=O)N(CC3CCCO3)C2c2sccc2C)cc1. The van der Waals surface area contributed by atoms with E-state index in [0.29, 0.717) is 18.7 Å². The number of ether oxygens (including phenoxy) is 1. The molecule has 0 aliphatic carbocycles. The Balaban J connectivity index is 1.82. The Morgan fingerprint density at radius 2 is 1.96 bits per heavy atom. The molecular weight excluding hydrogens is 374 g/mol. The largest absolute Gasteiger partial charge is 0.507 e. The summed E-state index contributed by atoms with van der Waals surface area (Å²) in [6.45, 7) is 4.96. The van der Waals surface area contributed by atoms with Gasteiger partial charge in [0.15, 0.2) is 0 Å². The molecule has 146 valence electrons. The predicted molar refractivity (Wildman–Crippen MR) is 108 cm³/mol. The van der Waals surface area contributed by atoms with Crippen LogP contribution in [0.1, 0.15) is 40.5 Å². The highest BCUT2D eigenvalue weighted by Gasteiger charge is 2.47. The summed E-state index contributed by atoms with van der Waals surface area (Å²) in [5.74, 6) is -1.32. The van der Waals surface area contributed by atoms with Gasteiger partial charge in [0.1, 0.15) is 5.76 Å². The molecule has 0 spiro atoms. The van der Waals surface area contributed by atoms with Crippen LogP contribution in [0, 0.1) is 13.8 Å². The van der Waals surface area contributed by atoms with Gasteiger partial charge >= 0.3 is 0 Å². The first-order valence-corrected chi connectivity index (χ1v) is 10.4. The zero-order chi connectivity index (χ0) is 19.8. The summed E-state index contributed by atoms with van der Waals surface area (Å²) in [5.41, 5.74) is 2.77. The number of carbonyl (C=O) groups is 2. The van der Waals surface area contributed by atoms with Crippen LogP contribution < -0.4 is 0 Å². The van der Waals surface area contributed by atoms with E-state index in [0.717, 1.165) is 28.8 Å². The third kappa shape index (κ3) is 3.27. The number of likely N-dealkylation sites (tertiary alicyclic amines) is 1. The lowest BCUT2D eigenvalue weighted by molar-refractivity contribution is -0.140. The lowest BCUT2D eigenvalue weighted by Crippen LogP contribution is -2.36. The smallest absolute Gasteiger partial charge is 0.295 e. The zero-order valence-electron chi connectivity index (χ0n) is 16.0. The van der Waals surface area contributed by atoms with Gasteiger partial charge in [0.25, 0.3) is 11.7 Å². The Morgan fingerprint density at radius 3 is 2.57 bits per heavy atom. The van der Waals surface area contributed by atoms with Gasteiger partial charge in [-0.25, -0.2) is 0 Å². The van der Waals surface area contributed by atoms with E-state index in [2.05, 4.69) is 0 Å². The summed E-state index contributed by atoms with van der Waals surface area (Å²) in [4.78, 5) is 28.3. The maximum Gasteiger partial charge on any atom is 0.295 e.